The highest BCUT2D eigenvalue weighted by molar-refractivity contribution is 5.91. The maximum atomic E-state index is 12.5. The molecule has 7 heteroatoms. The van der Waals surface area contributed by atoms with E-state index >= 15 is 0 Å². The van der Waals surface area contributed by atoms with Gasteiger partial charge < -0.3 is 10.2 Å². The molecule has 0 saturated carbocycles. The number of anilines is 1. The van der Waals surface area contributed by atoms with Crippen LogP contribution in [0.3, 0.4) is 0 Å². The van der Waals surface area contributed by atoms with Gasteiger partial charge in [0.1, 0.15) is 0 Å². The zero-order valence-electron chi connectivity index (χ0n) is 14.2. The number of carbonyl (C=O) groups is 2. The van der Waals surface area contributed by atoms with Gasteiger partial charge in [0.15, 0.2) is 0 Å². The van der Waals surface area contributed by atoms with E-state index in [4.69, 9.17) is 0 Å². The molecule has 138 valence electrons. The third kappa shape index (κ3) is 5.91. The van der Waals surface area contributed by atoms with E-state index in [1.807, 2.05) is 30.3 Å². The van der Waals surface area contributed by atoms with Crippen molar-refractivity contribution in [1.82, 2.24) is 4.90 Å². The fraction of sp³-hybridized carbons (Fsp3) is 0.263. The summed E-state index contributed by atoms with van der Waals surface area (Å²) in [6.07, 6.45) is -4.37. The van der Waals surface area contributed by atoms with Crippen molar-refractivity contribution < 1.29 is 22.8 Å². The first-order valence-electron chi connectivity index (χ1n) is 8.02. The normalized spacial score (nSPS) is 11.1. The Balaban J connectivity index is 1.89. The smallest absolute Gasteiger partial charge is 0.338 e. The summed E-state index contributed by atoms with van der Waals surface area (Å²) >= 11 is 0. The van der Waals surface area contributed by atoms with Crippen LogP contribution < -0.4 is 5.32 Å². The van der Waals surface area contributed by atoms with Gasteiger partial charge in [-0.1, -0.05) is 30.3 Å². The Bertz CT molecular complexity index is 744. The van der Waals surface area contributed by atoms with E-state index in [0.717, 1.165) is 17.7 Å². The Morgan fingerprint density at radius 2 is 1.62 bits per heavy atom. The van der Waals surface area contributed by atoms with Crippen LogP contribution in [0.15, 0.2) is 54.6 Å². The minimum absolute atomic E-state index is 0.0490. The van der Waals surface area contributed by atoms with Crippen molar-refractivity contribution >= 4 is 17.5 Å². The fourth-order valence-electron chi connectivity index (χ4n) is 2.35. The van der Waals surface area contributed by atoms with Crippen LogP contribution in [-0.2, 0) is 22.3 Å². The Labute approximate surface area is 149 Å². The summed E-state index contributed by atoms with van der Waals surface area (Å²) in [4.78, 5) is 25.3. The number of carbonyl (C=O) groups excluding carboxylic acids is 2. The number of amides is 2. The molecule has 0 aliphatic carbocycles. The minimum Gasteiger partial charge on any atom is -0.338 e. The lowest BCUT2D eigenvalue weighted by Crippen LogP contribution is -2.31. The van der Waals surface area contributed by atoms with E-state index in [2.05, 4.69) is 5.32 Å². The summed E-state index contributed by atoms with van der Waals surface area (Å²) < 4.78 is 37.6. The van der Waals surface area contributed by atoms with Crippen LogP contribution >= 0.6 is 0 Å². The van der Waals surface area contributed by atoms with Crippen LogP contribution in [0, 0.1) is 0 Å². The molecule has 0 fully saturated rings. The van der Waals surface area contributed by atoms with Crippen molar-refractivity contribution in [2.45, 2.75) is 26.1 Å². The predicted octanol–water partition coefficient (Wildman–Crippen LogP) is 4.08. The third-order valence-electron chi connectivity index (χ3n) is 3.77. The summed E-state index contributed by atoms with van der Waals surface area (Å²) in [5.41, 5.74) is 0.451. The molecule has 0 radical (unpaired) electrons. The van der Waals surface area contributed by atoms with E-state index in [1.165, 1.54) is 19.1 Å². The van der Waals surface area contributed by atoms with Gasteiger partial charge in [-0.15, -0.1) is 0 Å². The van der Waals surface area contributed by atoms with Crippen LogP contribution in [0.5, 0.6) is 0 Å². The van der Waals surface area contributed by atoms with Crippen LogP contribution in [0.25, 0.3) is 0 Å². The first-order chi connectivity index (χ1) is 12.3. The van der Waals surface area contributed by atoms with Crippen molar-refractivity contribution in [3.05, 3.63) is 65.7 Å². The highest BCUT2D eigenvalue weighted by Crippen LogP contribution is 2.29. The molecular weight excluding hydrogens is 345 g/mol. The van der Waals surface area contributed by atoms with E-state index in [0.29, 0.717) is 6.54 Å². The SMILES string of the molecule is CC(=O)N(CCC(=O)Nc1ccc(C(F)(F)F)cc1)Cc1ccccc1. The second-order valence-electron chi connectivity index (χ2n) is 5.80. The molecule has 2 rings (SSSR count). The Kier molecular flexibility index (Phi) is 6.38. The van der Waals surface area contributed by atoms with Gasteiger partial charge in [-0.3, -0.25) is 9.59 Å². The number of nitrogens with one attached hydrogen (secondary N) is 1. The zero-order chi connectivity index (χ0) is 19.2. The monoisotopic (exact) mass is 364 g/mol. The fourth-order valence-corrected chi connectivity index (χ4v) is 2.35. The summed E-state index contributed by atoms with van der Waals surface area (Å²) in [5, 5.41) is 2.53. The molecular formula is C19H19F3N2O2. The summed E-state index contributed by atoms with van der Waals surface area (Å²) in [6, 6.07) is 13.6. The van der Waals surface area contributed by atoms with Gasteiger partial charge in [-0.2, -0.15) is 13.2 Å². The van der Waals surface area contributed by atoms with Gasteiger partial charge in [-0.25, -0.2) is 0 Å². The quantitative estimate of drug-likeness (QED) is 0.840. The predicted molar refractivity (Wildman–Crippen MR) is 92.2 cm³/mol. The topological polar surface area (TPSA) is 49.4 Å². The zero-order valence-corrected chi connectivity index (χ0v) is 14.2. The Morgan fingerprint density at radius 1 is 1.00 bits per heavy atom. The summed E-state index contributed by atoms with van der Waals surface area (Å²) in [6.45, 7) is 2.04. The van der Waals surface area contributed by atoms with Gasteiger partial charge in [0, 0.05) is 32.1 Å². The van der Waals surface area contributed by atoms with E-state index in [9.17, 15) is 22.8 Å². The lowest BCUT2D eigenvalue weighted by atomic mass is 10.2. The molecule has 0 bridgehead atoms. The highest BCUT2D eigenvalue weighted by atomic mass is 19.4. The molecule has 2 aromatic rings. The van der Waals surface area contributed by atoms with Crippen molar-refractivity contribution in [1.29, 1.82) is 0 Å². The molecule has 0 aliphatic rings. The van der Waals surface area contributed by atoms with Gasteiger partial charge in [0.25, 0.3) is 0 Å². The van der Waals surface area contributed by atoms with Gasteiger partial charge in [0.2, 0.25) is 11.8 Å². The first-order valence-corrected chi connectivity index (χ1v) is 8.02. The molecule has 2 aromatic carbocycles. The summed E-state index contributed by atoms with van der Waals surface area (Å²) in [5.74, 6) is -0.528. The largest absolute Gasteiger partial charge is 0.416 e. The molecule has 0 spiro atoms. The molecule has 0 atom stereocenters. The molecule has 4 nitrogen and oxygen atoms in total. The van der Waals surface area contributed by atoms with Crippen LogP contribution in [0.1, 0.15) is 24.5 Å². The third-order valence-corrected chi connectivity index (χ3v) is 3.77. The van der Waals surface area contributed by atoms with Crippen molar-refractivity contribution in [3.63, 3.8) is 0 Å². The van der Waals surface area contributed by atoms with Crippen LogP contribution in [0.2, 0.25) is 0 Å². The van der Waals surface area contributed by atoms with E-state index in [-0.39, 0.29) is 30.5 Å². The summed E-state index contributed by atoms with van der Waals surface area (Å²) in [7, 11) is 0. The van der Waals surface area contributed by atoms with Gasteiger partial charge in [0.05, 0.1) is 5.56 Å². The minimum atomic E-state index is -4.41. The standard InChI is InChI=1S/C19H19F3N2O2/c1-14(25)24(13-15-5-3-2-4-6-15)12-11-18(26)23-17-9-7-16(8-10-17)19(20,21)22/h2-10H,11-13H2,1H3,(H,23,26). The van der Waals surface area contributed by atoms with Crippen molar-refractivity contribution in [2.24, 2.45) is 0 Å². The molecule has 0 heterocycles. The van der Waals surface area contributed by atoms with Crippen molar-refractivity contribution in [3.8, 4) is 0 Å². The molecule has 26 heavy (non-hydrogen) atoms. The molecule has 2 amide bonds. The number of benzene rings is 2. The van der Waals surface area contributed by atoms with Gasteiger partial charge >= 0.3 is 6.18 Å². The van der Waals surface area contributed by atoms with E-state index < -0.39 is 11.7 Å². The Hall–Kier alpha value is -2.83. The molecule has 1 N–H and O–H groups in total. The van der Waals surface area contributed by atoms with Crippen LogP contribution in [0.4, 0.5) is 18.9 Å². The van der Waals surface area contributed by atoms with Crippen LogP contribution in [-0.4, -0.2) is 23.3 Å². The molecule has 0 aliphatic heterocycles. The second kappa shape index (κ2) is 8.51. The number of rotatable bonds is 6. The average molecular weight is 364 g/mol. The lowest BCUT2D eigenvalue weighted by Gasteiger charge is -2.21. The number of alkyl halides is 3. The second-order valence-corrected chi connectivity index (χ2v) is 5.80. The number of hydrogen-bond acceptors (Lipinski definition) is 2. The van der Waals surface area contributed by atoms with Crippen molar-refractivity contribution in [2.75, 3.05) is 11.9 Å². The Morgan fingerprint density at radius 3 is 2.15 bits per heavy atom. The average Bonchev–Trinajstić information content (AvgIpc) is 2.59. The number of nitrogens with zero attached hydrogens (tertiary/aromatic N) is 1. The maximum Gasteiger partial charge on any atom is 0.416 e. The lowest BCUT2D eigenvalue weighted by molar-refractivity contribution is -0.137. The number of hydrogen-bond donors (Lipinski definition) is 1. The van der Waals surface area contributed by atoms with Gasteiger partial charge in [-0.05, 0) is 29.8 Å². The van der Waals surface area contributed by atoms with E-state index in [1.54, 1.807) is 4.90 Å². The maximum absolute atomic E-state index is 12.5. The first kappa shape index (κ1) is 19.5. The molecule has 0 aromatic heterocycles. The molecule has 0 saturated heterocycles. The number of halogens is 3. The highest BCUT2D eigenvalue weighted by Gasteiger charge is 2.29. The molecule has 0 unspecified atom stereocenters.